The van der Waals surface area contributed by atoms with Crippen LogP contribution >= 0.6 is 11.3 Å². The molecule has 1 unspecified atom stereocenters. The number of amidine groups is 1. The maximum atomic E-state index is 8.63. The molecule has 0 saturated heterocycles. The van der Waals surface area contributed by atoms with Gasteiger partial charge >= 0.3 is 0 Å². The van der Waals surface area contributed by atoms with Gasteiger partial charge in [-0.2, -0.15) is 0 Å². The number of hydrogen-bond acceptors (Lipinski definition) is 4. The maximum Gasteiger partial charge on any atom is 0.150 e. The Labute approximate surface area is 103 Å². The minimum atomic E-state index is -0.0343. The molecule has 2 aromatic rings. The van der Waals surface area contributed by atoms with Crippen LogP contribution in [0, 0.1) is 5.92 Å². The van der Waals surface area contributed by atoms with Crippen LogP contribution in [0.25, 0.3) is 10.7 Å². The molecule has 2 aromatic heterocycles. The summed E-state index contributed by atoms with van der Waals surface area (Å²) in [6.45, 7) is 2.55. The van der Waals surface area contributed by atoms with Crippen LogP contribution in [0.15, 0.2) is 35.1 Å². The molecule has 0 aliphatic heterocycles. The first-order valence-corrected chi connectivity index (χ1v) is 6.12. The summed E-state index contributed by atoms with van der Waals surface area (Å²) in [5.41, 5.74) is 5.57. The molecular weight excluding hydrogens is 236 g/mol. The quantitative estimate of drug-likeness (QED) is 0.377. The minimum Gasteiger partial charge on any atom is -0.409 e. The Morgan fingerprint density at radius 2 is 2.53 bits per heavy atom. The number of imidazole rings is 1. The Bertz CT molecular complexity index is 503. The molecule has 0 aromatic carbocycles. The largest absolute Gasteiger partial charge is 0.409 e. The van der Waals surface area contributed by atoms with Crippen molar-refractivity contribution in [3.8, 4) is 10.7 Å². The van der Waals surface area contributed by atoms with Gasteiger partial charge in [-0.15, -0.1) is 11.3 Å². The fourth-order valence-corrected chi connectivity index (χ4v) is 2.31. The summed E-state index contributed by atoms with van der Waals surface area (Å²) in [7, 11) is 0. The van der Waals surface area contributed by atoms with Gasteiger partial charge in [-0.3, -0.25) is 0 Å². The van der Waals surface area contributed by atoms with Gasteiger partial charge in [0.25, 0.3) is 0 Å². The predicted octanol–water partition coefficient (Wildman–Crippen LogP) is 1.99. The molecule has 0 radical (unpaired) electrons. The number of hydrogen-bond donors (Lipinski definition) is 2. The van der Waals surface area contributed by atoms with Crippen molar-refractivity contribution in [3.63, 3.8) is 0 Å². The number of aromatic nitrogens is 2. The van der Waals surface area contributed by atoms with Crippen LogP contribution in [0.4, 0.5) is 0 Å². The lowest BCUT2D eigenvalue weighted by Crippen LogP contribution is -2.25. The topological polar surface area (TPSA) is 76.4 Å². The molecule has 0 saturated carbocycles. The second kappa shape index (κ2) is 5.01. The fourth-order valence-electron chi connectivity index (χ4n) is 1.57. The third kappa shape index (κ3) is 2.47. The van der Waals surface area contributed by atoms with Crippen LogP contribution in [0.2, 0.25) is 0 Å². The zero-order chi connectivity index (χ0) is 12.3. The summed E-state index contributed by atoms with van der Waals surface area (Å²) in [4.78, 5) is 5.44. The van der Waals surface area contributed by atoms with E-state index in [9.17, 15) is 0 Å². The Balaban J connectivity index is 2.21. The van der Waals surface area contributed by atoms with E-state index < -0.39 is 0 Å². The summed E-state index contributed by atoms with van der Waals surface area (Å²) >= 11 is 1.64. The Morgan fingerprint density at radius 1 is 1.71 bits per heavy atom. The fraction of sp³-hybridized carbons (Fsp3) is 0.273. The van der Waals surface area contributed by atoms with Crippen molar-refractivity contribution in [2.24, 2.45) is 16.8 Å². The van der Waals surface area contributed by atoms with Crippen molar-refractivity contribution in [3.05, 3.63) is 29.9 Å². The van der Waals surface area contributed by atoms with Gasteiger partial charge in [0.1, 0.15) is 11.7 Å². The van der Waals surface area contributed by atoms with Crippen molar-refractivity contribution in [1.29, 1.82) is 0 Å². The zero-order valence-corrected chi connectivity index (χ0v) is 10.3. The average Bonchev–Trinajstić information content (AvgIpc) is 2.97. The SMILES string of the molecule is CC(Cn1ccnc1-c1cccs1)C(N)=NO. The van der Waals surface area contributed by atoms with Gasteiger partial charge in [0.15, 0.2) is 0 Å². The van der Waals surface area contributed by atoms with Gasteiger partial charge in [0, 0.05) is 24.9 Å². The summed E-state index contributed by atoms with van der Waals surface area (Å²) in [6.07, 6.45) is 3.66. The van der Waals surface area contributed by atoms with E-state index in [1.54, 1.807) is 17.5 Å². The Kier molecular flexibility index (Phi) is 3.43. The van der Waals surface area contributed by atoms with Gasteiger partial charge in [0.2, 0.25) is 0 Å². The van der Waals surface area contributed by atoms with Crippen LogP contribution in [0.5, 0.6) is 0 Å². The standard InChI is InChI=1S/C11H14N4OS/c1-8(10(12)14-16)7-15-5-4-13-11(15)9-3-2-6-17-9/h2-6,8,16H,7H2,1H3,(H2,12,14). The molecule has 90 valence electrons. The van der Waals surface area contributed by atoms with Gasteiger partial charge in [-0.05, 0) is 11.4 Å². The highest BCUT2D eigenvalue weighted by Gasteiger charge is 2.12. The number of nitrogens with two attached hydrogens (primary N) is 1. The first-order chi connectivity index (χ1) is 8.22. The maximum absolute atomic E-state index is 8.63. The predicted molar refractivity (Wildman–Crippen MR) is 68.1 cm³/mol. The molecule has 0 amide bonds. The van der Waals surface area contributed by atoms with Crippen molar-refractivity contribution >= 4 is 17.2 Å². The molecule has 6 heteroatoms. The first kappa shape index (κ1) is 11.7. The van der Waals surface area contributed by atoms with Crippen molar-refractivity contribution < 1.29 is 5.21 Å². The number of oxime groups is 1. The third-order valence-corrected chi connectivity index (χ3v) is 3.41. The van der Waals surface area contributed by atoms with Crippen molar-refractivity contribution in [2.75, 3.05) is 0 Å². The zero-order valence-electron chi connectivity index (χ0n) is 9.45. The lowest BCUT2D eigenvalue weighted by Gasteiger charge is -2.12. The molecule has 0 spiro atoms. The molecule has 0 bridgehead atoms. The second-order valence-corrected chi connectivity index (χ2v) is 4.75. The normalized spacial score (nSPS) is 13.8. The lowest BCUT2D eigenvalue weighted by atomic mass is 10.1. The van der Waals surface area contributed by atoms with Gasteiger partial charge in [0.05, 0.1) is 4.88 Å². The van der Waals surface area contributed by atoms with Crippen LogP contribution in [-0.4, -0.2) is 20.6 Å². The van der Waals surface area contributed by atoms with Gasteiger partial charge < -0.3 is 15.5 Å². The van der Waals surface area contributed by atoms with E-state index in [0.717, 1.165) is 10.7 Å². The highest BCUT2D eigenvalue weighted by molar-refractivity contribution is 7.13. The van der Waals surface area contributed by atoms with E-state index in [1.165, 1.54) is 0 Å². The molecule has 1 atom stereocenters. The number of nitrogens with zero attached hydrogens (tertiary/aromatic N) is 3. The van der Waals surface area contributed by atoms with E-state index in [0.29, 0.717) is 6.54 Å². The molecule has 0 aliphatic carbocycles. The minimum absolute atomic E-state index is 0.0343. The van der Waals surface area contributed by atoms with E-state index >= 15 is 0 Å². The molecular formula is C11H14N4OS. The molecule has 0 fully saturated rings. The molecule has 2 rings (SSSR count). The van der Waals surface area contributed by atoms with E-state index in [1.807, 2.05) is 35.2 Å². The van der Waals surface area contributed by atoms with E-state index in [4.69, 9.17) is 10.9 Å². The number of thiophene rings is 1. The summed E-state index contributed by atoms with van der Waals surface area (Å²) in [5, 5.41) is 13.7. The van der Waals surface area contributed by atoms with Crippen molar-refractivity contribution in [2.45, 2.75) is 13.5 Å². The van der Waals surface area contributed by atoms with Crippen LogP contribution in [0.1, 0.15) is 6.92 Å². The van der Waals surface area contributed by atoms with E-state index in [2.05, 4.69) is 10.1 Å². The van der Waals surface area contributed by atoms with Crippen LogP contribution in [-0.2, 0) is 6.54 Å². The third-order valence-electron chi connectivity index (χ3n) is 2.55. The molecule has 5 nitrogen and oxygen atoms in total. The average molecular weight is 250 g/mol. The van der Waals surface area contributed by atoms with Crippen LogP contribution < -0.4 is 5.73 Å². The number of rotatable bonds is 4. The van der Waals surface area contributed by atoms with Gasteiger partial charge in [-0.1, -0.05) is 18.1 Å². The first-order valence-electron chi connectivity index (χ1n) is 5.24. The monoisotopic (exact) mass is 250 g/mol. The summed E-state index contributed by atoms with van der Waals surface area (Å²) in [5.74, 6) is 1.11. The highest BCUT2D eigenvalue weighted by atomic mass is 32.1. The Hall–Kier alpha value is -1.82. The van der Waals surface area contributed by atoms with Crippen LogP contribution in [0.3, 0.4) is 0 Å². The lowest BCUT2D eigenvalue weighted by molar-refractivity contribution is 0.313. The van der Waals surface area contributed by atoms with Gasteiger partial charge in [-0.25, -0.2) is 4.98 Å². The molecule has 3 N–H and O–H groups in total. The van der Waals surface area contributed by atoms with Crippen molar-refractivity contribution in [1.82, 2.24) is 9.55 Å². The molecule has 17 heavy (non-hydrogen) atoms. The van der Waals surface area contributed by atoms with E-state index in [-0.39, 0.29) is 11.8 Å². The summed E-state index contributed by atoms with van der Waals surface area (Å²) in [6, 6.07) is 4.02. The molecule has 2 heterocycles. The second-order valence-electron chi connectivity index (χ2n) is 3.81. The highest BCUT2D eigenvalue weighted by Crippen LogP contribution is 2.23. The summed E-state index contributed by atoms with van der Waals surface area (Å²) < 4.78 is 2.01. The smallest absolute Gasteiger partial charge is 0.150 e. The Morgan fingerprint density at radius 3 is 3.18 bits per heavy atom. The molecule has 0 aliphatic rings.